The van der Waals surface area contributed by atoms with Crippen molar-refractivity contribution in [3.8, 4) is 0 Å². The molecule has 9 atom stereocenters. The molecule has 0 saturated carbocycles. The van der Waals surface area contributed by atoms with Crippen molar-refractivity contribution in [2.75, 3.05) is 47.9 Å². The van der Waals surface area contributed by atoms with E-state index in [4.69, 9.17) is 19.3 Å². The van der Waals surface area contributed by atoms with Crippen LogP contribution >= 0.6 is 0 Å². The maximum Gasteiger partial charge on any atom is 0.329 e. The van der Waals surface area contributed by atoms with Gasteiger partial charge in [0.05, 0.1) is 36.6 Å². The van der Waals surface area contributed by atoms with Gasteiger partial charge in [-0.05, 0) is 84.0 Å². The Kier molecular flexibility index (Phi) is 22.4. The van der Waals surface area contributed by atoms with Crippen LogP contribution in [0.5, 0.6) is 0 Å². The van der Waals surface area contributed by atoms with E-state index < -0.39 is 47.7 Å². The average molecular weight is 860 g/mol. The number of hydrogen-bond acceptors (Lipinski definition) is 10. The van der Waals surface area contributed by atoms with Gasteiger partial charge < -0.3 is 34.9 Å². The number of likely N-dealkylation sites (N-methyl/N-ethyl adjacent to an activating group) is 2. The molecule has 0 aliphatic carbocycles. The summed E-state index contributed by atoms with van der Waals surface area (Å²) < 4.78 is 17.9. The van der Waals surface area contributed by atoms with Gasteiger partial charge in [-0.25, -0.2) is 4.79 Å². The molecule has 3 amide bonds. The van der Waals surface area contributed by atoms with Gasteiger partial charge in [-0.3, -0.25) is 29.0 Å². The zero-order valence-corrected chi connectivity index (χ0v) is 39.9. The van der Waals surface area contributed by atoms with E-state index in [0.29, 0.717) is 32.5 Å². The van der Waals surface area contributed by atoms with Crippen molar-refractivity contribution in [1.29, 1.82) is 0 Å². The van der Waals surface area contributed by atoms with Crippen LogP contribution in [-0.4, -0.2) is 145 Å². The fourth-order valence-electron chi connectivity index (χ4n) is 8.72. The van der Waals surface area contributed by atoms with Gasteiger partial charge >= 0.3 is 11.9 Å². The molecule has 1 heterocycles. The van der Waals surface area contributed by atoms with Gasteiger partial charge in [0.1, 0.15) is 11.6 Å². The number of carbonyl (C=O) groups is 5. The largest absolute Gasteiger partial charge is 0.481 e. The molecule has 1 aromatic rings. The SMILES string of the molecule is CC[C@H](C)[C@@H]([C@@H](CC(=O)N1CCC[C@H]1[C@H](OC)[C@@H](C)C(=O)N[C@@H](Cc1ccccc1)C(=O)OC(C)(C)C)OC)N(C)C[C@@H](NC(=O)[C@H](C(C)C)N(C)CCCC(=O)O)C(C)C. The number of amides is 3. The second-order valence-corrected chi connectivity index (χ2v) is 18.9. The Morgan fingerprint density at radius 1 is 0.902 bits per heavy atom. The van der Waals surface area contributed by atoms with Crippen LogP contribution in [-0.2, 0) is 44.6 Å². The Balaban J connectivity index is 2.26. The molecule has 2 rings (SSSR count). The molecule has 1 fully saturated rings. The number of carbonyl (C=O) groups excluding carboxylic acids is 4. The summed E-state index contributed by atoms with van der Waals surface area (Å²) >= 11 is 0. The first-order valence-electron chi connectivity index (χ1n) is 22.4. The number of carboxylic acid groups (broad SMARTS) is 1. The van der Waals surface area contributed by atoms with E-state index in [2.05, 4.69) is 43.2 Å². The van der Waals surface area contributed by atoms with E-state index in [0.717, 1.165) is 18.4 Å². The minimum atomic E-state index is -0.913. The molecule has 14 heteroatoms. The number of rotatable bonds is 26. The second kappa shape index (κ2) is 25.5. The topological polar surface area (TPSA) is 167 Å². The van der Waals surface area contributed by atoms with Crippen LogP contribution in [0.2, 0.25) is 0 Å². The van der Waals surface area contributed by atoms with Gasteiger partial charge in [-0.1, -0.05) is 85.2 Å². The number of esters is 1. The fraction of sp³-hybridized carbons (Fsp3) is 0.766. The van der Waals surface area contributed by atoms with Gasteiger partial charge in [0.2, 0.25) is 17.7 Å². The first-order chi connectivity index (χ1) is 28.6. The molecule has 348 valence electrons. The molecule has 14 nitrogen and oxygen atoms in total. The first-order valence-corrected chi connectivity index (χ1v) is 22.4. The maximum absolute atomic E-state index is 14.4. The van der Waals surface area contributed by atoms with Crippen LogP contribution in [0.4, 0.5) is 0 Å². The molecule has 0 bridgehead atoms. The van der Waals surface area contributed by atoms with Crippen LogP contribution in [0.15, 0.2) is 30.3 Å². The van der Waals surface area contributed by atoms with Gasteiger partial charge in [0.25, 0.3) is 0 Å². The highest BCUT2D eigenvalue weighted by Crippen LogP contribution is 2.30. The Bertz CT molecular complexity index is 1520. The highest BCUT2D eigenvalue weighted by atomic mass is 16.6. The summed E-state index contributed by atoms with van der Waals surface area (Å²) in [4.78, 5) is 72.6. The molecule has 1 aromatic carbocycles. The normalized spacial score (nSPS) is 18.7. The van der Waals surface area contributed by atoms with Crippen LogP contribution in [0, 0.1) is 23.7 Å². The lowest BCUT2D eigenvalue weighted by Gasteiger charge is -2.41. The smallest absolute Gasteiger partial charge is 0.329 e. The van der Waals surface area contributed by atoms with E-state index in [1.54, 1.807) is 41.9 Å². The van der Waals surface area contributed by atoms with Crippen molar-refractivity contribution in [1.82, 2.24) is 25.3 Å². The van der Waals surface area contributed by atoms with Crippen molar-refractivity contribution in [3.63, 3.8) is 0 Å². The molecular formula is C47H81N5O9. The molecule has 0 radical (unpaired) electrons. The standard InChI is InChI=1S/C47H81N5O9/c1-15-32(6)42(51(12)29-36(30(2)3)49-45(57)41(31(4)5)50(11)25-20-24-40(54)55)38(59-13)28-39(53)52-26-19-23-37(52)43(60-14)33(7)44(56)48-35(46(58)61-47(8,9)10)27-34-21-17-16-18-22-34/h16-18,21-22,30-33,35-38,41-43H,15,19-20,23-29H2,1-14H3,(H,48,56)(H,49,57)(H,54,55)/t32-,33+,35-,36+,37-,38+,41-,42-,43+/m0/s1. The second-order valence-electron chi connectivity index (χ2n) is 18.9. The summed E-state index contributed by atoms with van der Waals surface area (Å²) in [6, 6.07) is 7.42. The lowest BCUT2D eigenvalue weighted by molar-refractivity contribution is -0.159. The predicted molar refractivity (Wildman–Crippen MR) is 239 cm³/mol. The predicted octanol–water partition coefficient (Wildman–Crippen LogP) is 5.41. The van der Waals surface area contributed by atoms with Gasteiger partial charge in [0.15, 0.2) is 0 Å². The van der Waals surface area contributed by atoms with Crippen molar-refractivity contribution in [3.05, 3.63) is 35.9 Å². The third kappa shape index (κ3) is 16.9. The number of aliphatic carboxylic acids is 1. The van der Waals surface area contributed by atoms with Crippen LogP contribution in [0.25, 0.3) is 0 Å². The minimum Gasteiger partial charge on any atom is -0.481 e. The zero-order chi connectivity index (χ0) is 46.2. The molecule has 0 unspecified atom stereocenters. The molecule has 61 heavy (non-hydrogen) atoms. The average Bonchev–Trinajstić information content (AvgIpc) is 3.66. The zero-order valence-electron chi connectivity index (χ0n) is 39.9. The number of nitrogens with one attached hydrogen (secondary N) is 2. The van der Waals surface area contributed by atoms with E-state index >= 15 is 0 Å². The van der Waals surface area contributed by atoms with Crippen LogP contribution < -0.4 is 10.6 Å². The van der Waals surface area contributed by atoms with Crippen molar-refractivity contribution in [2.45, 2.75) is 162 Å². The van der Waals surface area contributed by atoms with Gasteiger partial charge in [-0.2, -0.15) is 0 Å². The van der Waals surface area contributed by atoms with Gasteiger partial charge in [0, 0.05) is 52.2 Å². The highest BCUT2D eigenvalue weighted by molar-refractivity contribution is 5.86. The van der Waals surface area contributed by atoms with Crippen molar-refractivity contribution < 1.29 is 43.3 Å². The number of likely N-dealkylation sites (tertiary alicyclic amines) is 1. The molecule has 3 N–H and O–H groups in total. The summed E-state index contributed by atoms with van der Waals surface area (Å²) in [5, 5.41) is 15.4. The molecular weight excluding hydrogens is 779 g/mol. The maximum atomic E-state index is 14.4. The number of nitrogens with zero attached hydrogens (tertiary/aromatic N) is 3. The summed E-state index contributed by atoms with van der Waals surface area (Å²) in [7, 11) is 7.08. The molecule has 1 aliphatic heterocycles. The third-order valence-electron chi connectivity index (χ3n) is 12.2. The lowest BCUT2D eigenvalue weighted by atomic mass is 9.89. The monoisotopic (exact) mass is 860 g/mol. The minimum absolute atomic E-state index is 0.00962. The third-order valence-corrected chi connectivity index (χ3v) is 12.2. The molecule has 0 aromatic heterocycles. The molecule has 0 spiro atoms. The fourth-order valence-corrected chi connectivity index (χ4v) is 8.72. The summed E-state index contributed by atoms with van der Waals surface area (Å²) in [6.07, 6.45) is 2.06. The molecule has 1 aliphatic rings. The first kappa shape index (κ1) is 53.5. The highest BCUT2D eigenvalue weighted by Gasteiger charge is 2.43. The number of benzene rings is 1. The summed E-state index contributed by atoms with van der Waals surface area (Å²) in [5.74, 6) is -2.34. The Labute approximate surface area is 367 Å². The van der Waals surface area contributed by atoms with Crippen molar-refractivity contribution >= 4 is 29.7 Å². The van der Waals surface area contributed by atoms with E-state index in [1.165, 1.54) is 0 Å². The van der Waals surface area contributed by atoms with Gasteiger partial charge in [-0.15, -0.1) is 0 Å². The number of ether oxygens (including phenoxy) is 3. The number of carboxylic acids is 1. The quantitative estimate of drug-likeness (QED) is 0.102. The van der Waals surface area contributed by atoms with E-state index in [-0.39, 0.29) is 72.9 Å². The van der Waals surface area contributed by atoms with Crippen molar-refractivity contribution in [2.24, 2.45) is 23.7 Å². The van der Waals surface area contributed by atoms with Crippen LogP contribution in [0.3, 0.4) is 0 Å². The number of methoxy groups -OCH3 is 2. The lowest BCUT2D eigenvalue weighted by Crippen LogP contribution is -2.57. The molecule has 1 saturated heterocycles. The Morgan fingerprint density at radius 2 is 1.54 bits per heavy atom. The Morgan fingerprint density at radius 3 is 2.07 bits per heavy atom. The van der Waals surface area contributed by atoms with E-state index in [1.807, 2.05) is 68.1 Å². The Hall–Kier alpha value is -3.59. The van der Waals surface area contributed by atoms with E-state index in [9.17, 15) is 24.0 Å². The summed E-state index contributed by atoms with van der Waals surface area (Å²) in [6.45, 7) is 21.1. The number of hydrogen-bond donors (Lipinski definition) is 3. The van der Waals surface area contributed by atoms with Crippen LogP contribution in [0.1, 0.15) is 113 Å². The summed E-state index contributed by atoms with van der Waals surface area (Å²) in [5.41, 5.74) is 0.146.